The van der Waals surface area contributed by atoms with Crippen LogP contribution in [0.15, 0.2) is 42.5 Å². The van der Waals surface area contributed by atoms with Gasteiger partial charge < -0.3 is 19.9 Å². The van der Waals surface area contributed by atoms with Crippen LogP contribution in [0.5, 0.6) is 17.2 Å². The van der Waals surface area contributed by atoms with Crippen molar-refractivity contribution in [2.75, 3.05) is 14.2 Å². The number of hydrogen-bond donors (Lipinski definition) is 2. The van der Waals surface area contributed by atoms with Gasteiger partial charge in [0.05, 0.1) is 14.2 Å². The fourth-order valence-electron chi connectivity index (χ4n) is 2.13. The van der Waals surface area contributed by atoms with Gasteiger partial charge in [-0.2, -0.15) is 0 Å². The van der Waals surface area contributed by atoms with Crippen LogP contribution in [-0.4, -0.2) is 19.3 Å². The van der Waals surface area contributed by atoms with Gasteiger partial charge in [0, 0.05) is 18.2 Å². The van der Waals surface area contributed by atoms with Gasteiger partial charge in [-0.1, -0.05) is 12.1 Å². The van der Waals surface area contributed by atoms with Crippen LogP contribution < -0.4 is 14.8 Å². The van der Waals surface area contributed by atoms with Crippen LogP contribution in [0.25, 0.3) is 0 Å². The number of phenols is 1. The lowest BCUT2D eigenvalue weighted by atomic mass is 10.1. The van der Waals surface area contributed by atoms with E-state index >= 15 is 0 Å². The van der Waals surface area contributed by atoms with E-state index in [1.54, 1.807) is 26.4 Å². The topological polar surface area (TPSA) is 50.7 Å². The third kappa shape index (κ3) is 3.89. The van der Waals surface area contributed by atoms with Crippen molar-refractivity contribution < 1.29 is 14.6 Å². The minimum absolute atomic E-state index is 0.0159. The molecule has 0 fully saturated rings. The first-order valence-electron chi connectivity index (χ1n) is 6.87. The predicted octanol–water partition coefficient (Wildman–Crippen LogP) is 3.26. The summed E-state index contributed by atoms with van der Waals surface area (Å²) in [6.45, 7) is 2.72. The van der Waals surface area contributed by atoms with Gasteiger partial charge in [-0.25, -0.2) is 0 Å². The molecule has 0 saturated heterocycles. The van der Waals surface area contributed by atoms with Gasteiger partial charge in [0.2, 0.25) is 0 Å². The van der Waals surface area contributed by atoms with Crippen molar-refractivity contribution in [3.8, 4) is 17.2 Å². The third-order valence-electron chi connectivity index (χ3n) is 3.47. The maximum Gasteiger partial charge on any atom is 0.120 e. The standard InChI is InChI=1S/C17H21NO3/c1-12(16-10-15(21-3)8-9-17(16)19)18-11-13-4-6-14(20-2)7-5-13/h4-10,12,18-19H,11H2,1-3H3. The Hall–Kier alpha value is -2.20. The van der Waals surface area contributed by atoms with Crippen LogP contribution in [0.4, 0.5) is 0 Å². The lowest BCUT2D eigenvalue weighted by molar-refractivity contribution is 0.407. The zero-order valence-electron chi connectivity index (χ0n) is 12.6. The highest BCUT2D eigenvalue weighted by atomic mass is 16.5. The first kappa shape index (κ1) is 15.2. The summed E-state index contributed by atoms with van der Waals surface area (Å²) in [5.41, 5.74) is 1.98. The molecular formula is C17H21NO3. The summed E-state index contributed by atoms with van der Waals surface area (Å²) in [5, 5.41) is 13.3. The highest BCUT2D eigenvalue weighted by Crippen LogP contribution is 2.28. The van der Waals surface area contributed by atoms with Gasteiger partial charge in [0.25, 0.3) is 0 Å². The molecule has 0 aromatic heterocycles. The molecule has 0 aliphatic heterocycles. The molecule has 0 radical (unpaired) electrons. The van der Waals surface area contributed by atoms with E-state index in [9.17, 15) is 5.11 Å². The molecule has 112 valence electrons. The number of benzene rings is 2. The zero-order valence-corrected chi connectivity index (χ0v) is 12.6. The average Bonchev–Trinajstić information content (AvgIpc) is 2.53. The normalized spacial score (nSPS) is 12.0. The number of nitrogens with one attached hydrogen (secondary N) is 1. The van der Waals surface area contributed by atoms with E-state index in [0.29, 0.717) is 6.54 Å². The Balaban J connectivity index is 2.02. The van der Waals surface area contributed by atoms with Crippen LogP contribution in [0.2, 0.25) is 0 Å². The maximum absolute atomic E-state index is 9.95. The number of hydrogen-bond acceptors (Lipinski definition) is 4. The highest BCUT2D eigenvalue weighted by molar-refractivity contribution is 5.41. The molecule has 2 N–H and O–H groups in total. The average molecular weight is 287 g/mol. The molecule has 0 bridgehead atoms. The Morgan fingerprint density at radius 2 is 1.62 bits per heavy atom. The first-order valence-corrected chi connectivity index (χ1v) is 6.87. The van der Waals surface area contributed by atoms with Crippen LogP contribution in [-0.2, 0) is 6.54 Å². The fourth-order valence-corrected chi connectivity index (χ4v) is 2.13. The van der Waals surface area contributed by atoms with Crippen molar-refractivity contribution in [1.82, 2.24) is 5.32 Å². The van der Waals surface area contributed by atoms with Crippen molar-refractivity contribution in [2.24, 2.45) is 0 Å². The molecule has 2 aromatic carbocycles. The van der Waals surface area contributed by atoms with E-state index in [2.05, 4.69) is 5.32 Å². The monoisotopic (exact) mass is 287 g/mol. The molecule has 1 unspecified atom stereocenters. The minimum Gasteiger partial charge on any atom is -0.508 e. The number of rotatable bonds is 6. The van der Waals surface area contributed by atoms with Crippen LogP contribution in [0, 0.1) is 0 Å². The van der Waals surface area contributed by atoms with Crippen molar-refractivity contribution in [1.29, 1.82) is 0 Å². The van der Waals surface area contributed by atoms with Crippen molar-refractivity contribution in [3.63, 3.8) is 0 Å². The van der Waals surface area contributed by atoms with Crippen LogP contribution >= 0.6 is 0 Å². The van der Waals surface area contributed by atoms with Crippen LogP contribution in [0.3, 0.4) is 0 Å². The molecule has 0 heterocycles. The minimum atomic E-state index is 0.0159. The SMILES string of the molecule is COc1ccc(CNC(C)c2cc(OC)ccc2O)cc1. The lowest BCUT2D eigenvalue weighted by Gasteiger charge is -2.16. The van der Waals surface area contributed by atoms with Gasteiger partial charge in [-0.15, -0.1) is 0 Å². The molecule has 2 rings (SSSR count). The quantitative estimate of drug-likeness (QED) is 0.856. The molecule has 21 heavy (non-hydrogen) atoms. The highest BCUT2D eigenvalue weighted by Gasteiger charge is 2.11. The van der Waals surface area contributed by atoms with Gasteiger partial charge >= 0.3 is 0 Å². The smallest absolute Gasteiger partial charge is 0.120 e. The summed E-state index contributed by atoms with van der Waals surface area (Å²) in [7, 11) is 3.27. The molecular weight excluding hydrogens is 266 g/mol. The van der Waals surface area contributed by atoms with Crippen LogP contribution in [0.1, 0.15) is 24.1 Å². The van der Waals surface area contributed by atoms with E-state index in [0.717, 1.165) is 22.6 Å². The van der Waals surface area contributed by atoms with Gasteiger partial charge in [-0.3, -0.25) is 0 Å². The second kappa shape index (κ2) is 6.99. The summed E-state index contributed by atoms with van der Waals surface area (Å²) >= 11 is 0. The first-order chi connectivity index (χ1) is 10.1. The molecule has 4 nitrogen and oxygen atoms in total. The summed E-state index contributed by atoms with van der Waals surface area (Å²) in [5.74, 6) is 1.85. The number of ether oxygens (including phenoxy) is 2. The lowest BCUT2D eigenvalue weighted by Crippen LogP contribution is -2.18. The number of methoxy groups -OCH3 is 2. The summed E-state index contributed by atoms with van der Waals surface area (Å²) in [6, 6.07) is 13.2. The predicted molar refractivity (Wildman–Crippen MR) is 82.9 cm³/mol. The molecule has 2 aromatic rings. The molecule has 4 heteroatoms. The molecule has 0 aliphatic rings. The molecule has 0 spiro atoms. The van der Waals surface area contributed by atoms with E-state index in [4.69, 9.17) is 9.47 Å². The molecule has 0 saturated carbocycles. The van der Waals surface area contributed by atoms with Gasteiger partial charge in [0.1, 0.15) is 17.2 Å². The molecule has 0 aliphatic carbocycles. The second-order valence-corrected chi connectivity index (χ2v) is 4.88. The Kier molecular flexibility index (Phi) is 5.06. The van der Waals surface area contributed by atoms with E-state index in [-0.39, 0.29) is 11.8 Å². The van der Waals surface area contributed by atoms with Gasteiger partial charge in [-0.05, 0) is 42.8 Å². The van der Waals surface area contributed by atoms with Crippen molar-refractivity contribution in [2.45, 2.75) is 19.5 Å². The van der Waals surface area contributed by atoms with E-state index in [1.807, 2.05) is 37.3 Å². The Morgan fingerprint density at radius 3 is 2.24 bits per heavy atom. The Bertz CT molecular complexity index is 581. The van der Waals surface area contributed by atoms with E-state index in [1.165, 1.54) is 0 Å². The second-order valence-electron chi connectivity index (χ2n) is 4.88. The Morgan fingerprint density at radius 1 is 1.00 bits per heavy atom. The van der Waals surface area contributed by atoms with E-state index < -0.39 is 0 Å². The third-order valence-corrected chi connectivity index (χ3v) is 3.47. The maximum atomic E-state index is 9.95. The Labute approximate surface area is 125 Å². The molecule has 1 atom stereocenters. The fraction of sp³-hybridized carbons (Fsp3) is 0.294. The van der Waals surface area contributed by atoms with Crippen molar-refractivity contribution in [3.05, 3.63) is 53.6 Å². The zero-order chi connectivity index (χ0) is 15.2. The summed E-state index contributed by atoms with van der Waals surface area (Å²) in [4.78, 5) is 0. The van der Waals surface area contributed by atoms with Gasteiger partial charge in [0.15, 0.2) is 0 Å². The largest absolute Gasteiger partial charge is 0.508 e. The van der Waals surface area contributed by atoms with Crippen molar-refractivity contribution >= 4 is 0 Å². The summed E-state index contributed by atoms with van der Waals surface area (Å²) < 4.78 is 10.3. The molecule has 0 amide bonds. The number of aromatic hydroxyl groups is 1. The number of phenolic OH excluding ortho intramolecular Hbond substituents is 1. The summed E-state index contributed by atoms with van der Waals surface area (Å²) in [6.07, 6.45) is 0.